The summed E-state index contributed by atoms with van der Waals surface area (Å²) < 4.78 is 5.36. The van der Waals surface area contributed by atoms with Gasteiger partial charge in [0.25, 0.3) is 5.56 Å². The molecule has 144 valence electrons. The molecule has 2 aromatic rings. The van der Waals surface area contributed by atoms with Crippen LogP contribution < -0.4 is 5.56 Å². The molecule has 0 aromatic carbocycles. The Morgan fingerprint density at radius 3 is 2.63 bits per heavy atom. The van der Waals surface area contributed by atoms with Gasteiger partial charge in [0.1, 0.15) is 0 Å². The highest BCUT2D eigenvalue weighted by atomic mass is 16.5. The summed E-state index contributed by atoms with van der Waals surface area (Å²) in [6, 6.07) is 3.34. The quantitative estimate of drug-likeness (QED) is 0.876. The number of nitrogens with one attached hydrogen (secondary N) is 1. The van der Waals surface area contributed by atoms with Crippen LogP contribution in [0.3, 0.4) is 0 Å². The standard InChI is InChI=1S/C19H25N5O3/c1-13-10-16(27-22-13)15-11-17(25)20-21-19(15)14-4-8-24(9-5-14)18(26)12-23-6-2-3-7-23/h10-11,14H,2-9,12H2,1H3,(H,20,25). The molecule has 1 amide bonds. The Balaban J connectivity index is 1.45. The molecule has 2 aromatic heterocycles. The second-order valence-corrected chi connectivity index (χ2v) is 7.50. The first-order valence-corrected chi connectivity index (χ1v) is 9.63. The van der Waals surface area contributed by atoms with E-state index in [2.05, 4.69) is 20.3 Å². The Morgan fingerprint density at radius 2 is 1.96 bits per heavy atom. The number of aromatic nitrogens is 3. The maximum Gasteiger partial charge on any atom is 0.264 e. The Labute approximate surface area is 157 Å². The summed E-state index contributed by atoms with van der Waals surface area (Å²) in [5.74, 6) is 0.961. The first kappa shape index (κ1) is 17.9. The zero-order valence-electron chi connectivity index (χ0n) is 15.6. The van der Waals surface area contributed by atoms with Crippen LogP contribution in [0, 0.1) is 6.92 Å². The third-order valence-electron chi connectivity index (χ3n) is 5.52. The lowest BCUT2D eigenvalue weighted by Gasteiger charge is -2.33. The monoisotopic (exact) mass is 371 g/mol. The van der Waals surface area contributed by atoms with Gasteiger partial charge in [-0.3, -0.25) is 14.5 Å². The summed E-state index contributed by atoms with van der Waals surface area (Å²) in [7, 11) is 0. The maximum atomic E-state index is 12.5. The number of rotatable bonds is 4. The molecule has 0 saturated carbocycles. The van der Waals surface area contributed by atoms with Crippen molar-refractivity contribution in [2.75, 3.05) is 32.7 Å². The lowest BCUT2D eigenvalue weighted by Crippen LogP contribution is -2.43. The van der Waals surface area contributed by atoms with Crippen molar-refractivity contribution in [2.45, 2.75) is 38.5 Å². The van der Waals surface area contributed by atoms with Gasteiger partial charge < -0.3 is 9.42 Å². The third kappa shape index (κ3) is 3.95. The van der Waals surface area contributed by atoms with Crippen molar-refractivity contribution in [3.63, 3.8) is 0 Å². The summed E-state index contributed by atoms with van der Waals surface area (Å²) in [6.07, 6.45) is 4.03. The predicted molar refractivity (Wildman–Crippen MR) is 99.3 cm³/mol. The van der Waals surface area contributed by atoms with Crippen molar-refractivity contribution >= 4 is 5.91 Å². The molecule has 4 rings (SSSR count). The highest BCUT2D eigenvalue weighted by Crippen LogP contribution is 2.33. The summed E-state index contributed by atoms with van der Waals surface area (Å²) >= 11 is 0. The second kappa shape index (κ2) is 7.64. The molecule has 0 unspecified atom stereocenters. The fraction of sp³-hybridized carbons (Fsp3) is 0.579. The summed E-state index contributed by atoms with van der Waals surface area (Å²) in [4.78, 5) is 28.5. The Kier molecular flexibility index (Phi) is 5.07. The lowest BCUT2D eigenvalue weighted by atomic mass is 9.90. The van der Waals surface area contributed by atoms with E-state index in [0.29, 0.717) is 31.0 Å². The first-order chi connectivity index (χ1) is 13.1. The molecule has 0 bridgehead atoms. The minimum absolute atomic E-state index is 0.179. The van der Waals surface area contributed by atoms with Gasteiger partial charge in [-0.25, -0.2) is 5.10 Å². The molecule has 2 aliphatic rings. The highest BCUT2D eigenvalue weighted by molar-refractivity contribution is 5.78. The van der Waals surface area contributed by atoms with Gasteiger partial charge in [0.2, 0.25) is 5.91 Å². The summed E-state index contributed by atoms with van der Waals surface area (Å²) in [5.41, 5.74) is 2.01. The topological polar surface area (TPSA) is 95.3 Å². The zero-order valence-corrected chi connectivity index (χ0v) is 15.6. The van der Waals surface area contributed by atoms with E-state index in [1.807, 2.05) is 17.9 Å². The van der Waals surface area contributed by atoms with Gasteiger partial charge in [-0.2, -0.15) is 5.10 Å². The van der Waals surface area contributed by atoms with Crippen LogP contribution in [0.15, 0.2) is 21.5 Å². The number of aryl methyl sites for hydroxylation is 1. The van der Waals surface area contributed by atoms with E-state index in [-0.39, 0.29) is 17.4 Å². The van der Waals surface area contributed by atoms with E-state index in [1.54, 1.807) is 0 Å². The molecule has 0 radical (unpaired) electrons. The van der Waals surface area contributed by atoms with Crippen molar-refractivity contribution < 1.29 is 9.32 Å². The van der Waals surface area contributed by atoms with Gasteiger partial charge >= 0.3 is 0 Å². The number of carbonyl (C=O) groups is 1. The molecule has 0 spiro atoms. The van der Waals surface area contributed by atoms with Crippen LogP contribution in [0.2, 0.25) is 0 Å². The number of nitrogens with zero attached hydrogens (tertiary/aromatic N) is 4. The SMILES string of the molecule is Cc1cc(-c2cc(=O)[nH]nc2C2CCN(C(=O)CN3CCCC3)CC2)on1. The first-order valence-electron chi connectivity index (χ1n) is 9.63. The fourth-order valence-electron chi connectivity index (χ4n) is 4.05. The average molecular weight is 371 g/mol. The number of H-pyrrole nitrogens is 1. The number of amides is 1. The molecule has 1 N–H and O–H groups in total. The summed E-state index contributed by atoms with van der Waals surface area (Å²) in [5, 5.41) is 10.8. The molecule has 4 heterocycles. The summed E-state index contributed by atoms with van der Waals surface area (Å²) in [6.45, 7) is 5.87. The van der Waals surface area contributed by atoms with Gasteiger partial charge in [-0.1, -0.05) is 5.16 Å². The van der Waals surface area contributed by atoms with Crippen LogP contribution in [0.25, 0.3) is 11.3 Å². The molecule has 0 aliphatic carbocycles. The third-order valence-corrected chi connectivity index (χ3v) is 5.52. The smallest absolute Gasteiger partial charge is 0.264 e. The molecule has 27 heavy (non-hydrogen) atoms. The molecular formula is C19H25N5O3. The van der Waals surface area contributed by atoms with Crippen molar-refractivity contribution in [1.82, 2.24) is 25.2 Å². The van der Waals surface area contributed by atoms with Crippen molar-refractivity contribution in [3.8, 4) is 11.3 Å². The number of piperidine rings is 1. The van der Waals surface area contributed by atoms with Gasteiger partial charge in [0.05, 0.1) is 17.9 Å². The maximum absolute atomic E-state index is 12.5. The van der Waals surface area contributed by atoms with E-state index >= 15 is 0 Å². The van der Waals surface area contributed by atoms with Crippen LogP contribution in [-0.4, -0.2) is 63.8 Å². The van der Waals surface area contributed by atoms with Crippen molar-refractivity contribution in [1.29, 1.82) is 0 Å². The van der Waals surface area contributed by atoms with Gasteiger partial charge in [-0.05, 0) is 45.7 Å². The van der Waals surface area contributed by atoms with E-state index in [9.17, 15) is 9.59 Å². The lowest BCUT2D eigenvalue weighted by molar-refractivity contribution is -0.133. The van der Waals surface area contributed by atoms with Crippen LogP contribution in [0.4, 0.5) is 0 Å². The van der Waals surface area contributed by atoms with Crippen LogP contribution >= 0.6 is 0 Å². The Bertz CT molecular complexity index is 860. The zero-order chi connectivity index (χ0) is 18.8. The highest BCUT2D eigenvalue weighted by Gasteiger charge is 2.28. The number of carbonyl (C=O) groups excluding carboxylic acids is 1. The molecule has 8 heteroatoms. The van der Waals surface area contributed by atoms with E-state index < -0.39 is 0 Å². The van der Waals surface area contributed by atoms with Crippen LogP contribution in [-0.2, 0) is 4.79 Å². The number of likely N-dealkylation sites (tertiary alicyclic amines) is 2. The minimum Gasteiger partial charge on any atom is -0.356 e. The molecule has 2 fully saturated rings. The molecule has 0 atom stereocenters. The number of aromatic amines is 1. The van der Waals surface area contributed by atoms with Crippen LogP contribution in [0.5, 0.6) is 0 Å². The predicted octanol–water partition coefficient (Wildman–Crippen LogP) is 1.54. The van der Waals surface area contributed by atoms with Gasteiger partial charge in [0.15, 0.2) is 5.76 Å². The Hall–Kier alpha value is -2.48. The Morgan fingerprint density at radius 1 is 1.22 bits per heavy atom. The van der Waals surface area contributed by atoms with Crippen LogP contribution in [0.1, 0.15) is 43.0 Å². The van der Waals surface area contributed by atoms with Crippen molar-refractivity contribution in [2.24, 2.45) is 0 Å². The van der Waals surface area contributed by atoms with Gasteiger partial charge in [-0.15, -0.1) is 0 Å². The van der Waals surface area contributed by atoms with E-state index in [4.69, 9.17) is 4.52 Å². The average Bonchev–Trinajstić information content (AvgIpc) is 3.33. The van der Waals surface area contributed by atoms with E-state index in [1.165, 1.54) is 18.9 Å². The molecule has 2 aliphatic heterocycles. The van der Waals surface area contributed by atoms with Crippen molar-refractivity contribution in [3.05, 3.63) is 33.9 Å². The normalized spacial score (nSPS) is 18.9. The second-order valence-electron chi connectivity index (χ2n) is 7.50. The molecular weight excluding hydrogens is 346 g/mol. The van der Waals surface area contributed by atoms with E-state index in [0.717, 1.165) is 37.3 Å². The minimum atomic E-state index is -0.263. The largest absolute Gasteiger partial charge is 0.356 e. The molecule has 2 saturated heterocycles. The number of hydrogen-bond donors (Lipinski definition) is 1. The molecule has 8 nitrogen and oxygen atoms in total. The van der Waals surface area contributed by atoms with Gasteiger partial charge in [0, 0.05) is 36.7 Å². The fourth-order valence-corrected chi connectivity index (χ4v) is 4.05. The number of hydrogen-bond acceptors (Lipinski definition) is 6.